The number of hydrogen-bond donors (Lipinski definition) is 0. The lowest BCUT2D eigenvalue weighted by Crippen LogP contribution is -2.22. The second kappa shape index (κ2) is 11.0. The van der Waals surface area contributed by atoms with E-state index < -0.39 is 11.6 Å². The molecule has 0 unspecified atom stereocenters. The second-order valence-electron chi connectivity index (χ2n) is 8.29. The molecule has 0 aliphatic carbocycles. The molecule has 2 heterocycles. The monoisotopic (exact) mass is 477 g/mol. The first-order valence-corrected chi connectivity index (χ1v) is 11.1. The minimum absolute atomic E-state index is 0.192. The van der Waals surface area contributed by atoms with Gasteiger partial charge in [-0.3, -0.25) is 4.79 Å². The Morgan fingerprint density at radius 3 is 2.49 bits per heavy atom. The van der Waals surface area contributed by atoms with Gasteiger partial charge in [0.05, 0.1) is 31.2 Å². The Morgan fingerprint density at radius 2 is 1.74 bits per heavy atom. The van der Waals surface area contributed by atoms with Crippen molar-refractivity contribution in [3.63, 3.8) is 0 Å². The summed E-state index contributed by atoms with van der Waals surface area (Å²) in [4.78, 5) is 23.3. The fourth-order valence-corrected chi connectivity index (χ4v) is 3.46. The summed E-state index contributed by atoms with van der Waals surface area (Å²) in [5, 5.41) is 4.33. The van der Waals surface area contributed by atoms with E-state index in [-0.39, 0.29) is 12.1 Å². The Hall–Kier alpha value is -3.98. The van der Waals surface area contributed by atoms with E-state index in [1.165, 1.54) is 22.9 Å². The minimum atomic E-state index is -0.972. The zero-order valence-electron chi connectivity index (χ0n) is 19.5. The average molecular weight is 478 g/mol. The van der Waals surface area contributed by atoms with Gasteiger partial charge in [-0.05, 0) is 56.4 Å². The van der Waals surface area contributed by atoms with Gasteiger partial charge in [0.1, 0.15) is 0 Å². The molecule has 35 heavy (non-hydrogen) atoms. The topological polar surface area (TPSA) is 73.1 Å². The molecule has 0 aliphatic rings. The summed E-state index contributed by atoms with van der Waals surface area (Å²) in [6.45, 7) is 1.71. The first-order valence-electron chi connectivity index (χ1n) is 11.1. The first kappa shape index (κ1) is 24.2. The van der Waals surface area contributed by atoms with Gasteiger partial charge in [-0.2, -0.15) is 5.10 Å². The van der Waals surface area contributed by atoms with Gasteiger partial charge in [0.25, 0.3) is 5.56 Å². The van der Waals surface area contributed by atoms with Crippen LogP contribution in [0.15, 0.2) is 71.8 Å². The first-order chi connectivity index (χ1) is 16.9. The predicted octanol–water partition coefficient (Wildman–Crippen LogP) is 4.02. The van der Waals surface area contributed by atoms with Crippen molar-refractivity contribution in [2.45, 2.75) is 13.0 Å². The van der Waals surface area contributed by atoms with Gasteiger partial charge in [0.2, 0.25) is 0 Å². The van der Waals surface area contributed by atoms with Crippen LogP contribution in [0.25, 0.3) is 22.6 Å². The molecular weight excluding hydrogens is 452 g/mol. The van der Waals surface area contributed by atoms with Gasteiger partial charge in [0.15, 0.2) is 23.2 Å². The van der Waals surface area contributed by atoms with Crippen molar-refractivity contribution in [1.82, 2.24) is 24.6 Å². The summed E-state index contributed by atoms with van der Waals surface area (Å²) in [7, 11) is 4.03. The van der Waals surface area contributed by atoms with Crippen LogP contribution in [0.2, 0.25) is 0 Å². The molecule has 0 N–H and O–H groups in total. The van der Waals surface area contributed by atoms with Crippen LogP contribution in [0.1, 0.15) is 12.0 Å². The maximum Gasteiger partial charge on any atom is 0.267 e. The van der Waals surface area contributed by atoms with Crippen molar-refractivity contribution in [2.75, 3.05) is 27.2 Å². The molecule has 0 radical (unpaired) electrons. The molecule has 0 amide bonds. The van der Waals surface area contributed by atoms with E-state index in [0.717, 1.165) is 36.2 Å². The van der Waals surface area contributed by atoms with Crippen molar-refractivity contribution in [3.05, 3.63) is 94.5 Å². The van der Waals surface area contributed by atoms with Crippen molar-refractivity contribution >= 4 is 0 Å². The maximum atomic E-state index is 13.6. The molecule has 4 aromatic rings. The van der Waals surface area contributed by atoms with E-state index in [1.807, 2.05) is 38.4 Å². The van der Waals surface area contributed by atoms with Gasteiger partial charge in [0, 0.05) is 23.7 Å². The van der Waals surface area contributed by atoms with Crippen molar-refractivity contribution in [1.29, 1.82) is 0 Å². The van der Waals surface area contributed by atoms with E-state index >= 15 is 0 Å². The number of hydrogen-bond acceptors (Lipinski definition) is 6. The van der Waals surface area contributed by atoms with E-state index in [2.05, 4.69) is 20.0 Å². The summed E-state index contributed by atoms with van der Waals surface area (Å²) in [6.07, 6.45) is 4.19. The highest BCUT2D eigenvalue weighted by atomic mass is 19.2. The van der Waals surface area contributed by atoms with Gasteiger partial charge < -0.3 is 9.64 Å². The summed E-state index contributed by atoms with van der Waals surface area (Å²) in [5.41, 5.74) is 2.03. The highest BCUT2D eigenvalue weighted by Crippen LogP contribution is 2.20. The quantitative estimate of drug-likeness (QED) is 0.339. The Morgan fingerprint density at radius 1 is 0.943 bits per heavy atom. The van der Waals surface area contributed by atoms with E-state index in [4.69, 9.17) is 4.74 Å². The number of benzene rings is 2. The average Bonchev–Trinajstić information content (AvgIpc) is 2.85. The maximum absolute atomic E-state index is 13.6. The Balaban J connectivity index is 1.49. The molecule has 4 rings (SSSR count). The van der Waals surface area contributed by atoms with Gasteiger partial charge in [-0.25, -0.2) is 23.4 Å². The minimum Gasteiger partial charge on any atom is -0.490 e. The van der Waals surface area contributed by atoms with E-state index in [0.29, 0.717) is 29.4 Å². The zero-order chi connectivity index (χ0) is 24.8. The lowest BCUT2D eigenvalue weighted by atomic mass is 10.1. The fourth-order valence-electron chi connectivity index (χ4n) is 3.46. The van der Waals surface area contributed by atoms with Crippen LogP contribution in [0.4, 0.5) is 8.78 Å². The zero-order valence-corrected chi connectivity index (χ0v) is 19.5. The molecule has 0 saturated carbocycles. The molecule has 2 aromatic carbocycles. The third-order valence-electron chi connectivity index (χ3n) is 5.25. The molecule has 0 spiro atoms. The van der Waals surface area contributed by atoms with Gasteiger partial charge in [-0.1, -0.05) is 18.2 Å². The smallest absolute Gasteiger partial charge is 0.267 e. The number of aromatic nitrogens is 4. The molecule has 0 fully saturated rings. The third kappa shape index (κ3) is 6.33. The van der Waals surface area contributed by atoms with Crippen molar-refractivity contribution < 1.29 is 13.5 Å². The van der Waals surface area contributed by atoms with Crippen LogP contribution in [0.5, 0.6) is 5.75 Å². The van der Waals surface area contributed by atoms with Gasteiger partial charge in [-0.15, -0.1) is 0 Å². The van der Waals surface area contributed by atoms with Crippen LogP contribution in [-0.4, -0.2) is 51.9 Å². The summed E-state index contributed by atoms with van der Waals surface area (Å²) in [6, 6.07) is 13.8. The highest BCUT2D eigenvalue weighted by molar-refractivity contribution is 5.58. The van der Waals surface area contributed by atoms with Crippen molar-refractivity contribution in [3.8, 4) is 28.4 Å². The number of halogens is 2. The van der Waals surface area contributed by atoms with Gasteiger partial charge >= 0.3 is 0 Å². The molecule has 7 nitrogen and oxygen atoms in total. The molecular formula is C26H25F2N5O2. The Bertz CT molecular complexity index is 1360. The summed E-state index contributed by atoms with van der Waals surface area (Å²) >= 11 is 0. The SMILES string of the molecule is CN(C)CCCOc1cnc(-c2cccc(Cn3nc(-c4ccc(F)c(F)c4)ccc3=O)c2)nc1. The molecule has 0 aliphatic heterocycles. The summed E-state index contributed by atoms with van der Waals surface area (Å²) in [5.74, 6) is -0.776. The second-order valence-corrected chi connectivity index (χ2v) is 8.29. The van der Waals surface area contributed by atoms with E-state index in [1.54, 1.807) is 12.4 Å². The largest absolute Gasteiger partial charge is 0.490 e. The molecule has 0 saturated heterocycles. The normalized spacial score (nSPS) is 11.1. The third-order valence-corrected chi connectivity index (χ3v) is 5.25. The molecule has 0 bridgehead atoms. The van der Waals surface area contributed by atoms with Crippen LogP contribution < -0.4 is 10.3 Å². The lowest BCUT2D eigenvalue weighted by molar-refractivity contribution is 0.280. The molecule has 180 valence electrons. The standard InChI is InChI=1S/C26H25F2N5O2/c1-32(2)11-4-12-35-21-15-29-26(30-16-21)20-6-3-5-18(13-20)17-33-25(34)10-9-24(31-33)19-7-8-22(27)23(28)14-19/h3,5-10,13-16H,4,11-12,17H2,1-2H3. The summed E-state index contributed by atoms with van der Waals surface area (Å²) < 4.78 is 33.9. The highest BCUT2D eigenvalue weighted by Gasteiger charge is 2.09. The van der Waals surface area contributed by atoms with Crippen LogP contribution in [0.3, 0.4) is 0 Å². The molecule has 2 aromatic heterocycles. The molecule has 0 atom stereocenters. The Labute approximate surface area is 201 Å². The van der Waals surface area contributed by atoms with Crippen LogP contribution in [0, 0.1) is 11.6 Å². The number of ether oxygens (including phenoxy) is 1. The fraction of sp³-hybridized carbons (Fsp3) is 0.231. The molecule has 9 heteroatoms. The lowest BCUT2D eigenvalue weighted by Gasteiger charge is -2.10. The predicted molar refractivity (Wildman–Crippen MR) is 129 cm³/mol. The van der Waals surface area contributed by atoms with E-state index in [9.17, 15) is 13.6 Å². The number of rotatable bonds is 9. The van der Waals surface area contributed by atoms with Crippen molar-refractivity contribution in [2.24, 2.45) is 0 Å². The Kier molecular flexibility index (Phi) is 7.57. The number of nitrogens with zero attached hydrogens (tertiary/aromatic N) is 5. The van der Waals surface area contributed by atoms with Crippen LogP contribution >= 0.6 is 0 Å². The van der Waals surface area contributed by atoms with Crippen LogP contribution in [-0.2, 0) is 6.54 Å².